The minimum absolute atomic E-state index is 0. The van der Waals surface area contributed by atoms with Crippen LogP contribution in [-0.2, 0) is 29.5 Å². The Balaban J connectivity index is 0.00000289. The number of nitrogens with zero attached hydrogens (tertiary/aromatic N) is 4. The van der Waals surface area contributed by atoms with Crippen molar-refractivity contribution in [1.29, 1.82) is 0 Å². The molecular weight excluding hydrogens is 482 g/mol. The second-order valence-electron chi connectivity index (χ2n) is 8.64. The van der Waals surface area contributed by atoms with E-state index in [1.54, 1.807) is 16.8 Å². The van der Waals surface area contributed by atoms with Gasteiger partial charge >= 0.3 is 0 Å². The van der Waals surface area contributed by atoms with Gasteiger partial charge in [-0.2, -0.15) is 4.31 Å². The molecule has 9 heteroatoms. The van der Waals surface area contributed by atoms with Gasteiger partial charge in [-0.15, -0.1) is 12.4 Å². The molecule has 3 heterocycles. The van der Waals surface area contributed by atoms with Crippen molar-refractivity contribution in [3.63, 3.8) is 0 Å². The van der Waals surface area contributed by atoms with E-state index in [1.807, 2.05) is 66.7 Å². The first-order valence-corrected chi connectivity index (χ1v) is 13.1. The van der Waals surface area contributed by atoms with E-state index in [-0.39, 0.29) is 25.0 Å². The summed E-state index contributed by atoms with van der Waals surface area (Å²) >= 11 is 0. The second kappa shape index (κ2) is 10.6. The van der Waals surface area contributed by atoms with Gasteiger partial charge in [0.15, 0.2) is 0 Å². The van der Waals surface area contributed by atoms with Crippen LogP contribution >= 0.6 is 12.4 Å². The Morgan fingerprint density at radius 2 is 1.71 bits per heavy atom. The molecule has 0 saturated heterocycles. The fraction of sp³-hybridized carbons (Fsp3) is 0.231. The summed E-state index contributed by atoms with van der Waals surface area (Å²) in [6.45, 7) is 1.36. The number of benzene rings is 2. The van der Waals surface area contributed by atoms with Crippen LogP contribution in [0, 0.1) is 0 Å². The van der Waals surface area contributed by atoms with Gasteiger partial charge in [0.25, 0.3) is 0 Å². The van der Waals surface area contributed by atoms with Crippen LogP contribution in [-0.4, -0.2) is 46.5 Å². The van der Waals surface area contributed by atoms with E-state index in [1.165, 1.54) is 6.26 Å². The average Bonchev–Trinajstić information content (AvgIpc) is 3.30. The number of H-pyrrole nitrogens is 1. The molecule has 0 saturated carbocycles. The molecule has 0 unspecified atom stereocenters. The first-order chi connectivity index (χ1) is 16.5. The van der Waals surface area contributed by atoms with Crippen LogP contribution in [0.15, 0.2) is 85.3 Å². The van der Waals surface area contributed by atoms with Crippen molar-refractivity contribution in [3.8, 4) is 11.3 Å². The number of fused-ring (bicyclic) bond motifs is 1. The summed E-state index contributed by atoms with van der Waals surface area (Å²) < 4.78 is 27.6. The molecule has 0 radical (unpaired) electrons. The van der Waals surface area contributed by atoms with Crippen molar-refractivity contribution in [1.82, 2.24) is 19.3 Å². The smallest absolute Gasteiger partial charge is 0.211 e. The number of anilines is 1. The van der Waals surface area contributed by atoms with Crippen molar-refractivity contribution < 1.29 is 8.42 Å². The Labute approximate surface area is 212 Å². The van der Waals surface area contributed by atoms with E-state index in [0.717, 1.165) is 33.9 Å². The highest BCUT2D eigenvalue weighted by Gasteiger charge is 2.34. The number of hydrogen-bond donors (Lipinski definition) is 1. The largest absolute Gasteiger partial charge is 0.363 e. The maximum atomic E-state index is 13.0. The average molecular weight is 510 g/mol. The third kappa shape index (κ3) is 5.73. The van der Waals surface area contributed by atoms with Gasteiger partial charge in [-0.25, -0.2) is 18.4 Å². The van der Waals surface area contributed by atoms with Crippen LogP contribution in [0.2, 0.25) is 0 Å². The summed E-state index contributed by atoms with van der Waals surface area (Å²) in [7, 11) is -3.48. The molecule has 5 rings (SSSR count). The molecule has 1 N–H and O–H groups in total. The highest BCUT2D eigenvalue weighted by molar-refractivity contribution is 7.88. The van der Waals surface area contributed by atoms with Crippen molar-refractivity contribution in [2.45, 2.75) is 25.6 Å². The summed E-state index contributed by atoms with van der Waals surface area (Å²) in [5.74, 6) is 0. The van der Waals surface area contributed by atoms with E-state index >= 15 is 0 Å². The molecule has 1 atom stereocenters. The molecular formula is C26H28ClN5O2S. The number of rotatable bonds is 6. The quantitative estimate of drug-likeness (QED) is 0.419. The Morgan fingerprint density at radius 3 is 2.37 bits per heavy atom. The summed E-state index contributed by atoms with van der Waals surface area (Å²) in [5.41, 5.74) is 5.59. The van der Waals surface area contributed by atoms with Gasteiger partial charge in [-0.3, -0.25) is 0 Å². The SMILES string of the molecule is CS(=O)(=O)N1Cc2nc(-c3ccccc3)ccc2N(Cc2cnc[nH]2)C[C@H]1Cc1ccccc1.Cl. The molecule has 35 heavy (non-hydrogen) atoms. The Bertz CT molecular complexity index is 1350. The van der Waals surface area contributed by atoms with Crippen molar-refractivity contribution in [2.24, 2.45) is 0 Å². The van der Waals surface area contributed by atoms with Crippen molar-refractivity contribution in [2.75, 3.05) is 17.7 Å². The molecule has 4 aromatic rings. The molecule has 182 valence electrons. The number of sulfonamides is 1. The molecule has 7 nitrogen and oxygen atoms in total. The molecule has 2 aromatic carbocycles. The fourth-order valence-corrected chi connectivity index (χ4v) is 5.60. The molecule has 0 amide bonds. The van der Waals surface area contributed by atoms with Crippen molar-refractivity contribution in [3.05, 3.63) is 102 Å². The van der Waals surface area contributed by atoms with Gasteiger partial charge in [0.1, 0.15) is 0 Å². The van der Waals surface area contributed by atoms with Crippen LogP contribution in [0.5, 0.6) is 0 Å². The predicted molar refractivity (Wildman–Crippen MR) is 141 cm³/mol. The molecule has 2 aromatic heterocycles. The lowest BCUT2D eigenvalue weighted by Crippen LogP contribution is -2.45. The van der Waals surface area contributed by atoms with E-state index < -0.39 is 10.0 Å². The van der Waals surface area contributed by atoms with E-state index in [9.17, 15) is 8.42 Å². The topological polar surface area (TPSA) is 82.2 Å². The lowest BCUT2D eigenvalue weighted by atomic mass is 10.1. The summed E-state index contributed by atoms with van der Waals surface area (Å²) in [6, 6.07) is 23.8. The van der Waals surface area contributed by atoms with Gasteiger partial charge in [0, 0.05) is 24.3 Å². The highest BCUT2D eigenvalue weighted by atomic mass is 35.5. The number of aromatic nitrogens is 3. The van der Waals surface area contributed by atoms with Crippen molar-refractivity contribution >= 4 is 28.1 Å². The first kappa shape index (κ1) is 24.9. The molecule has 0 bridgehead atoms. The monoisotopic (exact) mass is 509 g/mol. The predicted octanol–water partition coefficient (Wildman–Crippen LogP) is 4.29. The number of nitrogens with one attached hydrogen (secondary N) is 1. The van der Waals surface area contributed by atoms with Gasteiger partial charge in [0.2, 0.25) is 10.0 Å². The summed E-state index contributed by atoms with van der Waals surface area (Å²) in [5, 5.41) is 0. The Kier molecular flexibility index (Phi) is 7.54. The second-order valence-corrected chi connectivity index (χ2v) is 10.6. The zero-order valence-corrected chi connectivity index (χ0v) is 21.0. The van der Waals surface area contributed by atoms with Crippen LogP contribution in [0.3, 0.4) is 0 Å². The molecule has 1 aliphatic heterocycles. The van der Waals surface area contributed by atoms with Gasteiger partial charge in [-0.05, 0) is 24.1 Å². The van der Waals surface area contributed by atoms with Gasteiger partial charge in [-0.1, -0.05) is 60.7 Å². The van der Waals surface area contributed by atoms with Gasteiger partial charge in [0.05, 0.1) is 48.4 Å². The van der Waals surface area contributed by atoms with Crippen LogP contribution in [0.1, 0.15) is 17.0 Å². The molecule has 0 aliphatic carbocycles. The number of pyridine rings is 1. The summed E-state index contributed by atoms with van der Waals surface area (Å²) in [4.78, 5) is 14.5. The van der Waals surface area contributed by atoms with E-state index in [0.29, 0.717) is 19.5 Å². The normalized spacial score (nSPS) is 16.3. The van der Waals surface area contributed by atoms with Crippen LogP contribution in [0.25, 0.3) is 11.3 Å². The number of imidazole rings is 1. The summed E-state index contributed by atoms with van der Waals surface area (Å²) in [6.07, 6.45) is 5.37. The zero-order chi connectivity index (χ0) is 23.5. The maximum Gasteiger partial charge on any atom is 0.211 e. The Morgan fingerprint density at radius 1 is 1.00 bits per heavy atom. The van der Waals surface area contributed by atoms with Crippen LogP contribution < -0.4 is 4.90 Å². The molecule has 0 fully saturated rings. The minimum atomic E-state index is -3.48. The third-order valence-corrected chi connectivity index (χ3v) is 7.44. The number of halogens is 1. The lowest BCUT2D eigenvalue weighted by molar-refractivity contribution is 0.318. The number of hydrogen-bond acceptors (Lipinski definition) is 5. The zero-order valence-electron chi connectivity index (χ0n) is 19.4. The molecule has 0 spiro atoms. The fourth-order valence-electron chi connectivity index (χ4n) is 4.56. The molecule has 1 aliphatic rings. The highest BCUT2D eigenvalue weighted by Crippen LogP contribution is 2.32. The van der Waals surface area contributed by atoms with Crippen LogP contribution in [0.4, 0.5) is 5.69 Å². The van der Waals surface area contributed by atoms with E-state index in [2.05, 4.69) is 20.9 Å². The lowest BCUT2D eigenvalue weighted by Gasteiger charge is -2.31. The number of aromatic amines is 1. The Hall–Kier alpha value is -3.20. The third-order valence-electron chi connectivity index (χ3n) is 6.16. The van der Waals surface area contributed by atoms with E-state index in [4.69, 9.17) is 4.98 Å². The maximum absolute atomic E-state index is 13.0. The standard InChI is InChI=1S/C26H27N5O2S.ClH/c1-34(32,33)31-18-25-26(13-12-24(29-25)21-10-6-3-7-11-21)30(16-22-15-27-19-28-22)17-23(31)14-20-8-4-2-5-9-20;/h2-13,15,19,23H,14,16-18H2,1H3,(H,27,28);1H/t23-;/m1./s1. The van der Waals surface area contributed by atoms with Gasteiger partial charge < -0.3 is 9.88 Å². The minimum Gasteiger partial charge on any atom is -0.363 e. The first-order valence-electron chi connectivity index (χ1n) is 11.3.